The van der Waals surface area contributed by atoms with E-state index in [1.165, 1.54) is 6.07 Å². The highest BCUT2D eigenvalue weighted by Gasteiger charge is 2.32. The molecule has 0 saturated heterocycles. The minimum absolute atomic E-state index is 0.0114. The molecule has 3 N–H and O–H groups in total. The van der Waals surface area contributed by atoms with E-state index < -0.39 is 17.9 Å². The highest BCUT2D eigenvalue weighted by Crippen LogP contribution is 2.32. The number of benzene rings is 2. The van der Waals surface area contributed by atoms with Crippen molar-refractivity contribution in [1.29, 1.82) is 0 Å². The maximum Gasteiger partial charge on any atom is 0.285 e. The number of nitrogens with two attached hydrogens (primary N) is 1. The van der Waals surface area contributed by atoms with Crippen molar-refractivity contribution in [1.82, 2.24) is 5.43 Å². The number of rotatable bonds is 6. The van der Waals surface area contributed by atoms with Crippen LogP contribution in [-0.2, 0) is 16.1 Å². The summed E-state index contributed by atoms with van der Waals surface area (Å²) in [7, 11) is 0. The third-order valence-corrected chi connectivity index (χ3v) is 4.13. The maximum atomic E-state index is 14.4. The van der Waals surface area contributed by atoms with E-state index in [1.54, 1.807) is 23.2 Å². The molecule has 2 aromatic carbocycles. The summed E-state index contributed by atoms with van der Waals surface area (Å²) in [5, 5.41) is 1.63. The summed E-state index contributed by atoms with van der Waals surface area (Å²) in [4.78, 5) is 15.9. The average molecular weight is 384 g/mol. The zero-order valence-electron chi connectivity index (χ0n) is 16.3. The number of carbonyl (C=O) groups excluding carboxylic acids is 1. The highest BCUT2D eigenvalue weighted by molar-refractivity contribution is 6.38. The molecule has 0 saturated carbocycles. The van der Waals surface area contributed by atoms with Gasteiger partial charge in [0.1, 0.15) is 5.82 Å². The summed E-state index contributed by atoms with van der Waals surface area (Å²) < 4.78 is 20.1. The number of carbonyl (C=O) groups is 1. The monoisotopic (exact) mass is 384 g/mol. The number of nitrogens with one attached hydrogen (secondary N) is 1. The predicted molar refractivity (Wildman–Crippen MR) is 107 cm³/mol. The van der Waals surface area contributed by atoms with Crippen LogP contribution in [0.3, 0.4) is 0 Å². The van der Waals surface area contributed by atoms with Gasteiger partial charge in [-0.15, -0.1) is 0 Å². The van der Waals surface area contributed by atoms with Crippen molar-refractivity contribution in [3.63, 3.8) is 0 Å². The number of hydrogen-bond acceptors (Lipinski definition) is 5. The summed E-state index contributed by atoms with van der Waals surface area (Å²) in [6.07, 6.45) is -0.741. The van der Waals surface area contributed by atoms with Crippen molar-refractivity contribution in [2.75, 3.05) is 11.6 Å². The number of ether oxygens (including phenoxy) is 1. The largest absolute Gasteiger partial charge is 0.376 e. The first-order valence-electron chi connectivity index (χ1n) is 9.09. The minimum Gasteiger partial charge on any atom is -0.376 e. The molecule has 1 atom stereocenters. The Labute approximate surface area is 164 Å². The molecule has 3 rings (SSSR count). The summed E-state index contributed by atoms with van der Waals surface area (Å²) in [6.45, 7) is 7.41. The van der Waals surface area contributed by atoms with E-state index >= 15 is 0 Å². The molecule has 1 aliphatic heterocycles. The summed E-state index contributed by atoms with van der Waals surface area (Å²) >= 11 is 0. The number of nitrogens with zero attached hydrogens (tertiary/aromatic N) is 2. The van der Waals surface area contributed by atoms with Crippen LogP contribution in [-0.4, -0.2) is 18.3 Å². The lowest BCUT2D eigenvalue weighted by Crippen LogP contribution is -2.42. The van der Waals surface area contributed by atoms with Crippen LogP contribution >= 0.6 is 0 Å². The highest BCUT2D eigenvalue weighted by atomic mass is 19.1. The first kappa shape index (κ1) is 19.8. The van der Waals surface area contributed by atoms with E-state index in [2.05, 4.69) is 31.2 Å². The minimum atomic E-state index is -0.741. The molecule has 0 bridgehead atoms. The number of halogens is 1. The molecule has 148 valence electrons. The molecule has 0 aromatic heterocycles. The van der Waals surface area contributed by atoms with Gasteiger partial charge in [-0.3, -0.25) is 15.2 Å². The molecule has 1 amide bonds. The summed E-state index contributed by atoms with van der Waals surface area (Å²) in [5.41, 5.74) is 10.4. The second kappa shape index (κ2) is 7.98. The first-order chi connectivity index (χ1) is 13.2. The van der Waals surface area contributed by atoms with Crippen molar-refractivity contribution in [2.24, 2.45) is 16.1 Å². The Bertz CT molecular complexity index is 892. The number of aliphatic imine (C=N–C) groups is 1. The number of anilines is 1. The average Bonchev–Trinajstić information content (AvgIpc) is 3.07. The predicted octanol–water partition coefficient (Wildman–Crippen LogP) is 3.30. The Morgan fingerprint density at radius 1 is 1.25 bits per heavy atom. The van der Waals surface area contributed by atoms with Crippen molar-refractivity contribution in [3.05, 3.63) is 65.5 Å². The Balaban J connectivity index is 1.86. The van der Waals surface area contributed by atoms with Crippen LogP contribution in [0.2, 0.25) is 0 Å². The van der Waals surface area contributed by atoms with Gasteiger partial charge in [-0.05, 0) is 29.2 Å². The molecule has 1 aliphatic rings. The lowest BCUT2D eigenvalue weighted by atomic mass is 9.99. The van der Waals surface area contributed by atoms with Crippen molar-refractivity contribution in [2.45, 2.75) is 33.5 Å². The molecule has 2 aromatic rings. The van der Waals surface area contributed by atoms with Gasteiger partial charge in [0, 0.05) is 5.56 Å². The molecule has 0 fully saturated rings. The van der Waals surface area contributed by atoms with Gasteiger partial charge in [0.15, 0.2) is 6.17 Å². The number of amidine groups is 1. The number of amides is 1. The zero-order chi connectivity index (χ0) is 20.3. The van der Waals surface area contributed by atoms with Crippen LogP contribution in [0.15, 0.2) is 53.5 Å². The summed E-state index contributed by atoms with van der Waals surface area (Å²) in [5.74, 6) is -1.12. The Kier molecular flexibility index (Phi) is 5.65. The van der Waals surface area contributed by atoms with Gasteiger partial charge in [-0.2, -0.15) is 0 Å². The standard InChI is InChI=1S/C21H25FN4O2/c1-21(2,3)13-28-12-14-7-6-8-15(11-14)26-20(24-19(25-26)18(23)27)16-9-4-5-10-17(16)22/h4-11,20H,12-13H2,1-3H3,(H2,23,27)(H,24,25). The third kappa shape index (κ3) is 4.67. The van der Waals surface area contributed by atoms with Gasteiger partial charge in [0.2, 0.25) is 5.84 Å². The molecule has 7 heteroatoms. The number of hydrogen-bond donors (Lipinski definition) is 2. The Hall–Kier alpha value is -2.93. The molecule has 0 aliphatic carbocycles. The third-order valence-electron chi connectivity index (χ3n) is 4.13. The fourth-order valence-electron chi connectivity index (χ4n) is 2.87. The lowest BCUT2D eigenvalue weighted by molar-refractivity contribution is -0.112. The fourth-order valence-corrected chi connectivity index (χ4v) is 2.87. The molecule has 28 heavy (non-hydrogen) atoms. The van der Waals surface area contributed by atoms with E-state index in [9.17, 15) is 9.18 Å². The molecule has 0 radical (unpaired) electrons. The number of primary amides is 1. The molecular formula is C21H25FN4O2. The van der Waals surface area contributed by atoms with Gasteiger partial charge in [0.25, 0.3) is 5.91 Å². The molecule has 6 nitrogen and oxygen atoms in total. The van der Waals surface area contributed by atoms with E-state index in [1.807, 2.05) is 24.3 Å². The molecule has 1 heterocycles. The normalized spacial score (nSPS) is 16.6. The van der Waals surface area contributed by atoms with Crippen LogP contribution in [0.1, 0.15) is 38.1 Å². The van der Waals surface area contributed by atoms with Gasteiger partial charge >= 0.3 is 0 Å². The van der Waals surface area contributed by atoms with E-state index in [0.29, 0.717) is 18.8 Å². The van der Waals surface area contributed by atoms with Crippen molar-refractivity contribution in [3.8, 4) is 0 Å². The fraction of sp³-hybridized carbons (Fsp3) is 0.333. The molecule has 0 spiro atoms. The van der Waals surface area contributed by atoms with Crippen molar-refractivity contribution < 1.29 is 13.9 Å². The van der Waals surface area contributed by atoms with Gasteiger partial charge < -0.3 is 10.5 Å². The Morgan fingerprint density at radius 3 is 2.68 bits per heavy atom. The van der Waals surface area contributed by atoms with Crippen LogP contribution in [0.25, 0.3) is 0 Å². The van der Waals surface area contributed by atoms with Crippen LogP contribution in [0.5, 0.6) is 0 Å². The topological polar surface area (TPSA) is 80.0 Å². The van der Waals surface area contributed by atoms with E-state index in [4.69, 9.17) is 10.5 Å². The SMILES string of the molecule is CC(C)(C)COCc1cccc(N2NC(C(N)=O)=NC2c2ccccc2F)c1. The smallest absolute Gasteiger partial charge is 0.285 e. The maximum absolute atomic E-state index is 14.4. The Morgan fingerprint density at radius 2 is 2.00 bits per heavy atom. The van der Waals surface area contributed by atoms with Gasteiger partial charge in [-0.1, -0.05) is 51.1 Å². The van der Waals surface area contributed by atoms with Crippen molar-refractivity contribution >= 4 is 17.4 Å². The number of hydrazine groups is 1. The molecule has 1 unspecified atom stereocenters. The molecular weight excluding hydrogens is 359 g/mol. The van der Waals surface area contributed by atoms with Gasteiger partial charge in [0.05, 0.1) is 18.9 Å². The van der Waals surface area contributed by atoms with E-state index in [-0.39, 0.29) is 11.3 Å². The summed E-state index contributed by atoms with van der Waals surface area (Å²) in [6, 6.07) is 13.9. The second-order valence-corrected chi connectivity index (χ2v) is 7.94. The first-order valence-corrected chi connectivity index (χ1v) is 9.09. The lowest BCUT2D eigenvalue weighted by Gasteiger charge is -2.26. The van der Waals surface area contributed by atoms with Crippen LogP contribution in [0, 0.1) is 11.2 Å². The van der Waals surface area contributed by atoms with Crippen LogP contribution in [0.4, 0.5) is 10.1 Å². The second-order valence-electron chi connectivity index (χ2n) is 7.94. The van der Waals surface area contributed by atoms with E-state index in [0.717, 1.165) is 11.3 Å². The zero-order valence-corrected chi connectivity index (χ0v) is 16.3. The van der Waals surface area contributed by atoms with Gasteiger partial charge in [-0.25, -0.2) is 9.38 Å². The van der Waals surface area contributed by atoms with Crippen LogP contribution < -0.4 is 16.2 Å². The quantitative estimate of drug-likeness (QED) is 0.801.